The Kier molecular flexibility index (Phi) is 4.33. The molecule has 6 heteroatoms. The van der Waals surface area contributed by atoms with Crippen molar-refractivity contribution in [3.63, 3.8) is 0 Å². The summed E-state index contributed by atoms with van der Waals surface area (Å²) < 4.78 is 1.81. The molecule has 0 unspecified atom stereocenters. The second kappa shape index (κ2) is 6.56. The van der Waals surface area contributed by atoms with Crippen molar-refractivity contribution in [3.8, 4) is 0 Å². The van der Waals surface area contributed by atoms with Crippen LogP contribution in [-0.4, -0.2) is 43.6 Å². The maximum absolute atomic E-state index is 12.2. The second-order valence-electron chi connectivity index (χ2n) is 5.58. The second-order valence-corrected chi connectivity index (χ2v) is 5.58. The molecule has 3 rings (SSSR count). The minimum atomic E-state index is 0.238. The minimum Gasteiger partial charge on any atom is -0.349 e. The van der Waals surface area contributed by atoms with Crippen molar-refractivity contribution in [2.45, 2.75) is 32.2 Å². The average Bonchev–Trinajstić information content (AvgIpc) is 3.19. The van der Waals surface area contributed by atoms with E-state index in [0.29, 0.717) is 18.9 Å². The summed E-state index contributed by atoms with van der Waals surface area (Å²) in [5.74, 6) is 1.92. The summed E-state index contributed by atoms with van der Waals surface area (Å²) in [5, 5.41) is 4.12. The van der Waals surface area contributed by atoms with Crippen LogP contribution in [0, 0.1) is 5.92 Å². The number of aromatic amines is 1. The first-order valence-electron chi connectivity index (χ1n) is 7.55. The van der Waals surface area contributed by atoms with Crippen molar-refractivity contribution >= 4 is 5.91 Å². The minimum absolute atomic E-state index is 0.238. The lowest BCUT2D eigenvalue weighted by Gasteiger charge is -2.31. The molecule has 1 aliphatic heterocycles. The van der Waals surface area contributed by atoms with Crippen LogP contribution in [0.25, 0.3) is 0 Å². The molecule has 0 radical (unpaired) electrons. The number of nitrogens with zero attached hydrogens (tertiary/aromatic N) is 4. The van der Waals surface area contributed by atoms with Gasteiger partial charge in [0.05, 0.1) is 0 Å². The van der Waals surface area contributed by atoms with Crippen LogP contribution in [-0.2, 0) is 17.8 Å². The fraction of sp³-hybridized carbons (Fsp3) is 0.533. The van der Waals surface area contributed by atoms with Gasteiger partial charge >= 0.3 is 0 Å². The van der Waals surface area contributed by atoms with Crippen LogP contribution in [0.4, 0.5) is 0 Å². The maximum Gasteiger partial charge on any atom is 0.224 e. The summed E-state index contributed by atoms with van der Waals surface area (Å²) in [6, 6.07) is 1.88. The quantitative estimate of drug-likeness (QED) is 0.905. The normalized spacial score (nSPS) is 16.3. The third kappa shape index (κ3) is 3.71. The van der Waals surface area contributed by atoms with E-state index in [-0.39, 0.29) is 5.91 Å². The van der Waals surface area contributed by atoms with E-state index >= 15 is 0 Å². The molecule has 0 saturated carbocycles. The van der Waals surface area contributed by atoms with Gasteiger partial charge in [-0.15, -0.1) is 0 Å². The summed E-state index contributed by atoms with van der Waals surface area (Å²) in [6.07, 6.45) is 10.9. The molecule has 1 aliphatic rings. The standard InChI is InChI=1S/C15H21N5O/c21-15(4-11-20-8-1-5-18-20)19-9-2-13(3-10-19)12-14-16-6-7-17-14/h1,5-8,13H,2-4,9-12H2,(H,16,17). The lowest BCUT2D eigenvalue weighted by atomic mass is 9.93. The van der Waals surface area contributed by atoms with Gasteiger partial charge in [-0.2, -0.15) is 5.10 Å². The van der Waals surface area contributed by atoms with Crippen LogP contribution in [0.1, 0.15) is 25.1 Å². The number of rotatable bonds is 5. The van der Waals surface area contributed by atoms with Crippen molar-refractivity contribution in [1.29, 1.82) is 0 Å². The molecule has 6 nitrogen and oxygen atoms in total. The highest BCUT2D eigenvalue weighted by Crippen LogP contribution is 2.20. The Morgan fingerprint density at radius 2 is 2.19 bits per heavy atom. The van der Waals surface area contributed by atoms with Gasteiger partial charge in [-0.25, -0.2) is 4.98 Å². The molecule has 2 aromatic rings. The van der Waals surface area contributed by atoms with E-state index < -0.39 is 0 Å². The van der Waals surface area contributed by atoms with Crippen LogP contribution >= 0.6 is 0 Å². The van der Waals surface area contributed by atoms with Crippen LogP contribution < -0.4 is 0 Å². The summed E-state index contributed by atoms with van der Waals surface area (Å²) >= 11 is 0. The Hall–Kier alpha value is -2.11. The predicted octanol–water partition coefficient (Wildman–Crippen LogP) is 1.48. The highest BCUT2D eigenvalue weighted by atomic mass is 16.2. The van der Waals surface area contributed by atoms with Crippen LogP contribution in [0.15, 0.2) is 30.9 Å². The molecule has 21 heavy (non-hydrogen) atoms. The average molecular weight is 287 g/mol. The number of piperidine rings is 1. The van der Waals surface area contributed by atoms with Crippen molar-refractivity contribution in [3.05, 3.63) is 36.7 Å². The molecule has 112 valence electrons. The molecule has 1 saturated heterocycles. The van der Waals surface area contributed by atoms with Gasteiger partial charge in [0.2, 0.25) is 5.91 Å². The molecule has 1 N–H and O–H groups in total. The number of hydrogen-bond donors (Lipinski definition) is 1. The number of amides is 1. The van der Waals surface area contributed by atoms with E-state index in [1.165, 1.54) is 0 Å². The first-order valence-corrected chi connectivity index (χ1v) is 7.55. The number of H-pyrrole nitrogens is 1. The van der Waals surface area contributed by atoms with Gasteiger partial charge in [-0.05, 0) is 24.8 Å². The van der Waals surface area contributed by atoms with Gasteiger partial charge in [0.15, 0.2) is 0 Å². The number of carbonyl (C=O) groups excluding carboxylic acids is 1. The number of aromatic nitrogens is 4. The van der Waals surface area contributed by atoms with Crippen LogP contribution in [0.5, 0.6) is 0 Å². The van der Waals surface area contributed by atoms with E-state index in [9.17, 15) is 4.79 Å². The van der Waals surface area contributed by atoms with Gasteiger partial charge in [-0.3, -0.25) is 9.48 Å². The Morgan fingerprint density at radius 1 is 1.33 bits per heavy atom. The van der Waals surface area contributed by atoms with E-state index in [0.717, 1.165) is 38.2 Å². The van der Waals surface area contributed by atoms with Gasteiger partial charge in [0.1, 0.15) is 5.82 Å². The molecule has 3 heterocycles. The largest absolute Gasteiger partial charge is 0.349 e. The molecule has 2 aromatic heterocycles. The molecule has 0 aliphatic carbocycles. The Bertz CT molecular complexity index is 541. The summed E-state index contributed by atoms with van der Waals surface area (Å²) in [7, 11) is 0. The van der Waals surface area contributed by atoms with E-state index in [1.54, 1.807) is 12.4 Å². The van der Waals surface area contributed by atoms with E-state index in [1.807, 2.05) is 28.0 Å². The monoisotopic (exact) mass is 287 g/mol. The Labute approximate surface area is 124 Å². The van der Waals surface area contributed by atoms with Crippen LogP contribution in [0.2, 0.25) is 0 Å². The number of carbonyl (C=O) groups is 1. The predicted molar refractivity (Wildman–Crippen MR) is 78.4 cm³/mol. The summed E-state index contributed by atoms with van der Waals surface area (Å²) in [5.41, 5.74) is 0. The zero-order valence-corrected chi connectivity index (χ0v) is 12.1. The SMILES string of the molecule is O=C(CCn1cccn1)N1CCC(Cc2ncc[nH]2)CC1. The maximum atomic E-state index is 12.2. The van der Waals surface area contributed by atoms with E-state index in [4.69, 9.17) is 0 Å². The highest BCUT2D eigenvalue weighted by molar-refractivity contribution is 5.76. The molecule has 1 fully saturated rings. The molecule has 0 aromatic carbocycles. The summed E-state index contributed by atoms with van der Waals surface area (Å²) in [4.78, 5) is 21.6. The number of nitrogens with one attached hydrogen (secondary N) is 1. The molecule has 0 spiro atoms. The number of aryl methyl sites for hydroxylation is 1. The van der Waals surface area contributed by atoms with Crippen molar-refractivity contribution in [1.82, 2.24) is 24.6 Å². The van der Waals surface area contributed by atoms with Crippen molar-refractivity contribution < 1.29 is 4.79 Å². The summed E-state index contributed by atoms with van der Waals surface area (Å²) in [6.45, 7) is 2.39. The smallest absolute Gasteiger partial charge is 0.224 e. The van der Waals surface area contributed by atoms with Gasteiger partial charge in [0, 0.05) is 57.3 Å². The number of likely N-dealkylation sites (tertiary alicyclic amines) is 1. The lowest BCUT2D eigenvalue weighted by Crippen LogP contribution is -2.39. The Balaban J connectivity index is 1.41. The fourth-order valence-electron chi connectivity index (χ4n) is 2.87. The van der Waals surface area contributed by atoms with E-state index in [2.05, 4.69) is 15.1 Å². The zero-order chi connectivity index (χ0) is 14.5. The van der Waals surface area contributed by atoms with Gasteiger partial charge in [0.25, 0.3) is 0 Å². The lowest BCUT2D eigenvalue weighted by molar-refractivity contribution is -0.132. The highest BCUT2D eigenvalue weighted by Gasteiger charge is 2.23. The molecule has 0 atom stereocenters. The fourth-order valence-corrected chi connectivity index (χ4v) is 2.87. The molecular weight excluding hydrogens is 266 g/mol. The first-order chi connectivity index (χ1) is 10.3. The zero-order valence-electron chi connectivity index (χ0n) is 12.1. The van der Waals surface area contributed by atoms with Crippen molar-refractivity contribution in [2.24, 2.45) is 5.92 Å². The third-order valence-corrected chi connectivity index (χ3v) is 4.12. The first kappa shape index (κ1) is 13.9. The van der Waals surface area contributed by atoms with Crippen LogP contribution in [0.3, 0.4) is 0 Å². The molecule has 0 bridgehead atoms. The third-order valence-electron chi connectivity index (χ3n) is 4.12. The number of hydrogen-bond acceptors (Lipinski definition) is 3. The van der Waals surface area contributed by atoms with Gasteiger partial charge < -0.3 is 9.88 Å². The topological polar surface area (TPSA) is 66.8 Å². The van der Waals surface area contributed by atoms with Gasteiger partial charge in [-0.1, -0.05) is 0 Å². The number of imidazole rings is 1. The van der Waals surface area contributed by atoms with Crippen molar-refractivity contribution in [2.75, 3.05) is 13.1 Å². The molecule has 1 amide bonds. The Morgan fingerprint density at radius 3 is 2.86 bits per heavy atom. The molecular formula is C15H21N5O.